The van der Waals surface area contributed by atoms with Crippen LogP contribution in [0.15, 0.2) is 0 Å². The van der Waals surface area contributed by atoms with Crippen LogP contribution >= 0.6 is 0 Å². The van der Waals surface area contributed by atoms with Gasteiger partial charge in [0.1, 0.15) is 0 Å². The van der Waals surface area contributed by atoms with Crippen LogP contribution in [-0.4, -0.2) is 22.8 Å². The van der Waals surface area contributed by atoms with Crippen molar-refractivity contribution in [3.05, 3.63) is 16.2 Å². The maximum Gasteiger partial charge on any atom is 0.502 e. The summed E-state index contributed by atoms with van der Waals surface area (Å²) in [7, 11) is 0. The minimum absolute atomic E-state index is 0.0454. The van der Waals surface area contributed by atoms with E-state index in [-0.39, 0.29) is 18.0 Å². The van der Waals surface area contributed by atoms with Gasteiger partial charge in [0.25, 0.3) is 0 Å². The van der Waals surface area contributed by atoms with Crippen molar-refractivity contribution in [1.82, 2.24) is 10.2 Å². The van der Waals surface area contributed by atoms with Gasteiger partial charge in [-0.05, 0) is 13.8 Å². The molecule has 1 aromatic rings. The summed E-state index contributed by atoms with van der Waals surface area (Å²) in [5, 5.41) is 14.6. The van der Waals surface area contributed by atoms with Crippen LogP contribution < -0.4 is 0 Å². The van der Waals surface area contributed by atoms with Crippen molar-refractivity contribution in [3.8, 4) is 0 Å². The standard InChI is InChI=1S/C7H8N4O2/c1-3-13-7(12)5-4(2)10-11-6(5)9-8/h3H2,1-2H3/p+1. The molecule has 6 nitrogen and oxygen atoms in total. The van der Waals surface area contributed by atoms with Gasteiger partial charge in [-0.25, -0.2) is 4.79 Å². The third-order valence-corrected chi connectivity index (χ3v) is 1.50. The number of aryl methyl sites for hydroxylation is 1. The number of H-pyrrole nitrogens is 1. The number of carbonyl (C=O) groups is 1. The summed E-state index contributed by atoms with van der Waals surface area (Å²) in [6, 6.07) is 0. The van der Waals surface area contributed by atoms with E-state index < -0.39 is 5.97 Å². The molecule has 0 aliphatic carbocycles. The molecule has 0 radical (unpaired) electrons. The first kappa shape index (κ1) is 9.19. The average Bonchev–Trinajstić information content (AvgIpc) is 2.47. The van der Waals surface area contributed by atoms with Gasteiger partial charge in [0, 0.05) is 4.98 Å². The molecular weight excluding hydrogens is 172 g/mol. The topological polar surface area (TPSA) is 83.1 Å². The molecule has 0 saturated heterocycles. The Hall–Kier alpha value is -1.90. The molecular formula is C7H9N4O2+. The zero-order valence-corrected chi connectivity index (χ0v) is 7.37. The van der Waals surface area contributed by atoms with Crippen LogP contribution in [0.1, 0.15) is 23.0 Å². The quantitative estimate of drug-likeness (QED) is 0.551. The number of diazo groups is 1. The number of aromatic nitrogens is 2. The van der Waals surface area contributed by atoms with Crippen molar-refractivity contribution >= 4 is 11.8 Å². The third-order valence-electron chi connectivity index (χ3n) is 1.50. The average molecular weight is 181 g/mol. The SMILES string of the molecule is CCOC(=O)c1c([N+]#N)n[nH]c1C. The van der Waals surface area contributed by atoms with E-state index in [1.807, 2.05) is 0 Å². The lowest BCUT2D eigenvalue weighted by atomic mass is 10.2. The monoisotopic (exact) mass is 181 g/mol. The summed E-state index contributed by atoms with van der Waals surface area (Å²) in [5.74, 6) is -0.586. The fourth-order valence-corrected chi connectivity index (χ4v) is 0.936. The summed E-state index contributed by atoms with van der Waals surface area (Å²) in [4.78, 5) is 14.1. The van der Waals surface area contributed by atoms with Gasteiger partial charge in [-0.15, -0.1) is 0 Å². The van der Waals surface area contributed by atoms with Crippen molar-refractivity contribution < 1.29 is 9.53 Å². The number of hydrogen-bond donors (Lipinski definition) is 1. The van der Waals surface area contributed by atoms with Crippen molar-refractivity contribution in [1.29, 1.82) is 5.39 Å². The number of esters is 1. The molecule has 13 heavy (non-hydrogen) atoms. The molecule has 0 saturated carbocycles. The Kier molecular flexibility index (Phi) is 2.59. The van der Waals surface area contributed by atoms with Crippen LogP contribution in [0.4, 0.5) is 5.82 Å². The Morgan fingerprint density at radius 2 is 2.46 bits per heavy atom. The number of carbonyl (C=O) groups excluding carboxylic acids is 1. The van der Waals surface area contributed by atoms with E-state index >= 15 is 0 Å². The summed E-state index contributed by atoms with van der Waals surface area (Å²) in [5.41, 5.74) is 0.690. The fourth-order valence-electron chi connectivity index (χ4n) is 0.936. The van der Waals surface area contributed by atoms with Crippen LogP contribution in [-0.2, 0) is 4.74 Å². The Balaban J connectivity index is 3.05. The minimum atomic E-state index is -0.540. The summed E-state index contributed by atoms with van der Waals surface area (Å²) in [6.07, 6.45) is 0. The van der Waals surface area contributed by atoms with Gasteiger partial charge in [0.2, 0.25) is 0 Å². The van der Waals surface area contributed by atoms with Gasteiger partial charge in [-0.1, -0.05) is 0 Å². The fraction of sp³-hybridized carbons (Fsp3) is 0.429. The van der Waals surface area contributed by atoms with Crippen LogP contribution in [0.2, 0.25) is 0 Å². The van der Waals surface area contributed by atoms with Gasteiger partial charge < -0.3 is 4.74 Å². The first-order valence-electron chi connectivity index (χ1n) is 3.77. The van der Waals surface area contributed by atoms with Gasteiger partial charge in [-0.2, -0.15) is 5.10 Å². The van der Waals surface area contributed by atoms with Gasteiger partial charge in [-0.3, -0.25) is 0 Å². The Bertz CT molecular complexity index is 363. The number of aromatic amines is 1. The molecule has 1 rings (SSSR count). The highest BCUT2D eigenvalue weighted by Gasteiger charge is 2.28. The molecule has 0 spiro atoms. The van der Waals surface area contributed by atoms with Gasteiger partial charge in [0.05, 0.1) is 22.8 Å². The lowest BCUT2D eigenvalue weighted by Gasteiger charge is -1.96. The molecule has 0 atom stereocenters. The lowest BCUT2D eigenvalue weighted by Crippen LogP contribution is -2.05. The first-order chi connectivity index (χ1) is 6.20. The normalized spacial score (nSPS) is 9.31. The van der Waals surface area contributed by atoms with Crippen molar-refractivity contribution in [3.63, 3.8) is 0 Å². The Morgan fingerprint density at radius 3 is 3.00 bits per heavy atom. The van der Waals surface area contributed by atoms with Crippen molar-refractivity contribution in [2.45, 2.75) is 13.8 Å². The minimum Gasteiger partial charge on any atom is -0.462 e. The summed E-state index contributed by atoms with van der Waals surface area (Å²) in [6.45, 7) is 3.62. The highest BCUT2D eigenvalue weighted by atomic mass is 16.5. The molecule has 0 unspecified atom stereocenters. The first-order valence-corrected chi connectivity index (χ1v) is 3.77. The molecule has 0 amide bonds. The number of hydrogen-bond acceptors (Lipinski definition) is 4. The van der Waals surface area contributed by atoms with E-state index in [4.69, 9.17) is 10.1 Å². The molecule has 1 aromatic heterocycles. The Labute approximate surface area is 74.5 Å². The number of nitrogens with zero attached hydrogens (tertiary/aromatic N) is 3. The maximum absolute atomic E-state index is 11.3. The van der Waals surface area contributed by atoms with E-state index in [0.717, 1.165) is 0 Å². The highest BCUT2D eigenvalue weighted by Crippen LogP contribution is 2.19. The zero-order chi connectivity index (χ0) is 9.84. The molecule has 1 N–H and O–H groups in total. The van der Waals surface area contributed by atoms with Crippen molar-refractivity contribution in [2.24, 2.45) is 0 Å². The van der Waals surface area contributed by atoms with Crippen molar-refractivity contribution in [2.75, 3.05) is 6.61 Å². The maximum atomic E-state index is 11.3. The van der Waals surface area contributed by atoms with Crippen LogP contribution in [0.5, 0.6) is 0 Å². The summed E-state index contributed by atoms with van der Waals surface area (Å²) >= 11 is 0. The molecule has 1 heterocycles. The molecule has 0 bridgehead atoms. The molecule has 0 aliphatic heterocycles. The second-order valence-corrected chi connectivity index (χ2v) is 2.37. The van der Waals surface area contributed by atoms with Crippen LogP contribution in [0.3, 0.4) is 0 Å². The number of nitrogens with one attached hydrogen (secondary N) is 1. The second-order valence-electron chi connectivity index (χ2n) is 2.37. The van der Waals surface area contributed by atoms with E-state index in [0.29, 0.717) is 5.69 Å². The summed E-state index contributed by atoms with van der Waals surface area (Å²) < 4.78 is 4.74. The van der Waals surface area contributed by atoms with E-state index in [1.165, 1.54) is 0 Å². The smallest absolute Gasteiger partial charge is 0.462 e. The highest BCUT2D eigenvalue weighted by molar-refractivity contribution is 5.96. The number of rotatable bonds is 2. The second kappa shape index (κ2) is 3.67. The van der Waals surface area contributed by atoms with Crippen LogP contribution in [0, 0.1) is 12.3 Å². The molecule has 68 valence electrons. The predicted octanol–water partition coefficient (Wildman–Crippen LogP) is 1.38. The van der Waals surface area contributed by atoms with Crippen LogP contribution in [0.25, 0.3) is 4.98 Å². The molecule has 0 aromatic carbocycles. The van der Waals surface area contributed by atoms with Gasteiger partial charge >= 0.3 is 11.8 Å². The van der Waals surface area contributed by atoms with E-state index in [9.17, 15) is 4.79 Å². The third kappa shape index (κ3) is 1.64. The molecule has 6 heteroatoms. The van der Waals surface area contributed by atoms with E-state index in [2.05, 4.69) is 15.2 Å². The largest absolute Gasteiger partial charge is 0.502 e. The van der Waals surface area contributed by atoms with E-state index in [1.54, 1.807) is 13.8 Å². The predicted molar refractivity (Wildman–Crippen MR) is 44.0 cm³/mol. The number of ether oxygens (including phenoxy) is 1. The molecule has 0 aliphatic rings. The zero-order valence-electron chi connectivity index (χ0n) is 7.37. The lowest BCUT2D eigenvalue weighted by molar-refractivity contribution is 0.0527. The molecule has 0 fully saturated rings. The Morgan fingerprint density at radius 1 is 1.77 bits per heavy atom. The van der Waals surface area contributed by atoms with Gasteiger partial charge in [0.15, 0.2) is 5.56 Å².